The first-order valence-corrected chi connectivity index (χ1v) is 12.2. The molecule has 0 amide bonds. The number of fused-ring (bicyclic) bond motifs is 1. The highest BCUT2D eigenvalue weighted by molar-refractivity contribution is 7.18. The molecule has 9 nitrogen and oxygen atoms in total. The fraction of sp³-hybridized carbons (Fsp3) is 0.360. The monoisotopic (exact) mass is 494 g/mol. The number of benzene rings is 1. The van der Waals surface area contributed by atoms with Crippen molar-refractivity contribution >= 4 is 21.6 Å². The molecule has 0 spiro atoms. The number of thiazole rings is 1. The lowest BCUT2D eigenvalue weighted by Gasteiger charge is -2.21. The summed E-state index contributed by atoms with van der Waals surface area (Å²) in [5.74, 6) is 0. The van der Waals surface area contributed by atoms with Crippen LogP contribution in [-0.4, -0.2) is 65.4 Å². The molecule has 184 valence electrons. The summed E-state index contributed by atoms with van der Waals surface area (Å²) in [7, 11) is 3.43. The fourth-order valence-corrected chi connectivity index (χ4v) is 4.46. The Bertz CT molecular complexity index is 1160. The Morgan fingerprint density at radius 1 is 0.943 bits per heavy atom. The van der Waals surface area contributed by atoms with Crippen LogP contribution < -0.4 is 10.5 Å². The minimum absolute atomic E-state index is 0.287. The fourth-order valence-electron chi connectivity index (χ4n) is 3.51. The largest absolute Gasteiger partial charge is 0.459 e. The number of pyridine rings is 1. The van der Waals surface area contributed by atoms with Crippen molar-refractivity contribution in [2.75, 3.05) is 40.5 Å². The molecule has 2 N–H and O–H groups in total. The van der Waals surface area contributed by atoms with E-state index in [-0.39, 0.29) is 6.01 Å². The number of hydrogen-bond acceptors (Lipinski definition) is 10. The van der Waals surface area contributed by atoms with Crippen molar-refractivity contribution in [1.82, 2.24) is 24.8 Å². The van der Waals surface area contributed by atoms with Crippen LogP contribution in [0.3, 0.4) is 0 Å². The van der Waals surface area contributed by atoms with Gasteiger partial charge in [0.15, 0.2) is 0 Å². The topological polar surface area (TPSA) is 109 Å². The molecule has 1 unspecified atom stereocenters. The van der Waals surface area contributed by atoms with Crippen molar-refractivity contribution in [1.29, 1.82) is 0 Å². The van der Waals surface area contributed by atoms with E-state index in [0.717, 1.165) is 40.4 Å². The Morgan fingerprint density at radius 2 is 1.69 bits per heavy atom. The lowest BCUT2D eigenvalue weighted by Crippen LogP contribution is -2.30. The average Bonchev–Trinajstić information content (AvgIpc) is 3.34. The summed E-state index contributed by atoms with van der Waals surface area (Å²) in [6.45, 7) is 4.29. The highest BCUT2D eigenvalue weighted by atomic mass is 32.1. The standard InChI is InChI=1S/C25H30N6O3S/c1-32-13-11-31(12-14-33-2)16-18-3-5-19(6-4-18)17-34-25-28-10-7-20(30-25)23(26)24-29-21-15-27-9-8-22(21)35-24/h3-10,15,23H,11-14,16-17,26H2,1-2H3. The first-order valence-electron chi connectivity index (χ1n) is 11.4. The van der Waals surface area contributed by atoms with Crippen molar-refractivity contribution in [3.63, 3.8) is 0 Å². The second-order valence-electron chi connectivity index (χ2n) is 8.00. The summed E-state index contributed by atoms with van der Waals surface area (Å²) in [4.78, 5) is 19.8. The summed E-state index contributed by atoms with van der Waals surface area (Å²) in [6.07, 6.45) is 5.14. The molecule has 4 rings (SSSR count). The molecule has 35 heavy (non-hydrogen) atoms. The Kier molecular flexibility index (Phi) is 9.04. The number of nitrogens with zero attached hydrogens (tertiary/aromatic N) is 5. The molecule has 0 saturated carbocycles. The van der Waals surface area contributed by atoms with E-state index in [1.165, 1.54) is 16.9 Å². The van der Waals surface area contributed by atoms with Gasteiger partial charge in [0.1, 0.15) is 17.7 Å². The molecule has 0 bridgehead atoms. The predicted octanol–water partition coefficient (Wildman–Crippen LogP) is 3.20. The Morgan fingerprint density at radius 3 is 2.40 bits per heavy atom. The maximum atomic E-state index is 6.44. The molecule has 0 radical (unpaired) electrons. The van der Waals surface area contributed by atoms with Gasteiger partial charge in [-0.3, -0.25) is 9.88 Å². The molecule has 0 aliphatic heterocycles. The number of aromatic nitrogens is 4. The third kappa shape index (κ3) is 7.00. The van der Waals surface area contributed by atoms with Gasteiger partial charge in [-0.25, -0.2) is 9.97 Å². The Hall–Kier alpha value is -3.02. The van der Waals surface area contributed by atoms with E-state index in [1.54, 1.807) is 38.9 Å². The first kappa shape index (κ1) is 25.1. The van der Waals surface area contributed by atoms with Gasteiger partial charge in [0.2, 0.25) is 0 Å². The Labute approximate surface area is 208 Å². The minimum Gasteiger partial charge on any atom is -0.459 e. The summed E-state index contributed by atoms with van der Waals surface area (Å²) in [5, 5.41) is 0.776. The molecule has 0 aliphatic rings. The zero-order valence-corrected chi connectivity index (χ0v) is 20.8. The van der Waals surface area contributed by atoms with E-state index >= 15 is 0 Å². The van der Waals surface area contributed by atoms with Crippen molar-refractivity contribution in [3.8, 4) is 6.01 Å². The van der Waals surface area contributed by atoms with E-state index < -0.39 is 6.04 Å². The molecule has 0 saturated heterocycles. The van der Waals surface area contributed by atoms with Crippen molar-refractivity contribution in [2.45, 2.75) is 19.2 Å². The minimum atomic E-state index is -0.462. The zero-order valence-electron chi connectivity index (χ0n) is 20.0. The molecule has 0 fully saturated rings. The maximum Gasteiger partial charge on any atom is 0.316 e. The van der Waals surface area contributed by atoms with Crippen molar-refractivity contribution in [3.05, 3.63) is 76.8 Å². The molecule has 1 atom stereocenters. The molecular weight excluding hydrogens is 464 g/mol. The number of rotatable bonds is 13. The van der Waals surface area contributed by atoms with Crippen LogP contribution in [0, 0.1) is 0 Å². The zero-order chi connectivity index (χ0) is 24.5. The number of hydrogen-bond donors (Lipinski definition) is 1. The molecule has 3 aromatic heterocycles. The van der Waals surface area contributed by atoms with Gasteiger partial charge in [-0.2, -0.15) is 4.98 Å². The number of methoxy groups -OCH3 is 2. The highest BCUT2D eigenvalue weighted by Gasteiger charge is 2.17. The second kappa shape index (κ2) is 12.6. The molecule has 3 heterocycles. The lowest BCUT2D eigenvalue weighted by molar-refractivity contribution is 0.110. The third-order valence-corrected chi connectivity index (χ3v) is 6.59. The van der Waals surface area contributed by atoms with Gasteiger partial charge < -0.3 is 19.9 Å². The van der Waals surface area contributed by atoms with Crippen LogP contribution in [0.4, 0.5) is 0 Å². The van der Waals surface area contributed by atoms with E-state index in [0.29, 0.717) is 25.5 Å². The van der Waals surface area contributed by atoms with Crippen LogP contribution in [0.2, 0.25) is 0 Å². The molecular formula is C25H30N6O3S. The van der Waals surface area contributed by atoms with Crippen LogP contribution in [0.25, 0.3) is 10.2 Å². The molecule has 1 aromatic carbocycles. The highest BCUT2D eigenvalue weighted by Crippen LogP contribution is 2.27. The van der Waals surface area contributed by atoms with Gasteiger partial charge in [0, 0.05) is 46.2 Å². The van der Waals surface area contributed by atoms with Crippen LogP contribution in [0.1, 0.15) is 27.9 Å². The van der Waals surface area contributed by atoms with Crippen molar-refractivity contribution < 1.29 is 14.2 Å². The lowest BCUT2D eigenvalue weighted by atomic mass is 10.1. The first-order chi connectivity index (χ1) is 17.2. The van der Waals surface area contributed by atoms with E-state index in [4.69, 9.17) is 19.9 Å². The molecule has 4 aromatic rings. The van der Waals surface area contributed by atoms with Crippen LogP contribution in [-0.2, 0) is 22.6 Å². The molecule has 10 heteroatoms. The summed E-state index contributed by atoms with van der Waals surface area (Å²) >= 11 is 1.54. The SMILES string of the molecule is COCCN(CCOC)Cc1ccc(COc2nccc(C(N)c3nc4cnccc4s3)n2)cc1. The Balaban J connectivity index is 1.35. The normalized spacial score (nSPS) is 12.3. The summed E-state index contributed by atoms with van der Waals surface area (Å²) in [5.41, 5.74) is 10.2. The number of nitrogens with two attached hydrogens (primary N) is 1. The van der Waals surface area contributed by atoms with E-state index in [9.17, 15) is 0 Å². The smallest absolute Gasteiger partial charge is 0.316 e. The van der Waals surface area contributed by atoms with E-state index in [2.05, 4.69) is 49.1 Å². The predicted molar refractivity (Wildman–Crippen MR) is 135 cm³/mol. The van der Waals surface area contributed by atoms with Gasteiger partial charge in [0.05, 0.1) is 35.3 Å². The van der Waals surface area contributed by atoms with Gasteiger partial charge in [-0.1, -0.05) is 24.3 Å². The third-order valence-electron chi connectivity index (χ3n) is 5.47. The number of ether oxygens (including phenoxy) is 3. The molecule has 0 aliphatic carbocycles. The summed E-state index contributed by atoms with van der Waals surface area (Å²) < 4.78 is 17.3. The quantitative estimate of drug-likeness (QED) is 0.300. The van der Waals surface area contributed by atoms with Gasteiger partial charge >= 0.3 is 6.01 Å². The van der Waals surface area contributed by atoms with Crippen molar-refractivity contribution in [2.24, 2.45) is 5.73 Å². The van der Waals surface area contributed by atoms with Crippen LogP contribution in [0.5, 0.6) is 6.01 Å². The average molecular weight is 495 g/mol. The van der Waals surface area contributed by atoms with Gasteiger partial charge in [-0.15, -0.1) is 11.3 Å². The van der Waals surface area contributed by atoms with Crippen LogP contribution in [0.15, 0.2) is 55.0 Å². The van der Waals surface area contributed by atoms with E-state index in [1.807, 2.05) is 6.07 Å². The second-order valence-corrected chi connectivity index (χ2v) is 9.07. The van der Waals surface area contributed by atoms with Gasteiger partial charge in [-0.05, 0) is 23.3 Å². The maximum absolute atomic E-state index is 6.44. The van der Waals surface area contributed by atoms with Crippen LogP contribution >= 0.6 is 11.3 Å². The summed E-state index contributed by atoms with van der Waals surface area (Å²) in [6, 6.07) is 11.9. The van der Waals surface area contributed by atoms with Gasteiger partial charge in [0.25, 0.3) is 0 Å².